The van der Waals surface area contributed by atoms with Crippen LogP contribution in [0.1, 0.15) is 18.6 Å². The molecule has 0 aliphatic carbocycles. The van der Waals surface area contributed by atoms with Gasteiger partial charge in [0.2, 0.25) is 10.0 Å². The topological polar surface area (TPSA) is 72.5 Å². The van der Waals surface area contributed by atoms with Crippen LogP contribution in [0.4, 0.5) is 0 Å². The molecule has 0 saturated heterocycles. The first-order chi connectivity index (χ1) is 10.9. The van der Waals surface area contributed by atoms with E-state index in [9.17, 15) is 13.2 Å². The summed E-state index contributed by atoms with van der Waals surface area (Å²) in [6.07, 6.45) is -0.698. The molecule has 23 heavy (non-hydrogen) atoms. The van der Waals surface area contributed by atoms with Gasteiger partial charge < -0.3 is 4.74 Å². The number of ether oxygens (including phenoxy) is 1. The molecule has 1 atom stereocenters. The number of hydrogen-bond donors (Lipinski definition) is 1. The molecule has 0 fully saturated rings. The lowest BCUT2D eigenvalue weighted by Crippen LogP contribution is -2.30. The minimum Gasteiger partial charge on any atom is -0.456 e. The van der Waals surface area contributed by atoms with Crippen LogP contribution < -0.4 is 4.72 Å². The molecule has 2 aromatic carbocycles. The highest BCUT2D eigenvalue weighted by Gasteiger charge is 2.20. The summed E-state index contributed by atoms with van der Waals surface area (Å²) < 4.78 is 32.2. The smallest absolute Gasteiger partial charge is 0.303 e. The van der Waals surface area contributed by atoms with Gasteiger partial charge in [0.15, 0.2) is 0 Å². The number of rotatable bonds is 6. The van der Waals surface area contributed by atoms with Crippen molar-refractivity contribution in [3.63, 3.8) is 0 Å². The third-order valence-corrected chi connectivity index (χ3v) is 4.75. The van der Waals surface area contributed by atoms with Crippen LogP contribution in [-0.2, 0) is 19.6 Å². The second-order valence-electron chi connectivity index (χ2n) is 4.81. The zero-order valence-corrected chi connectivity index (χ0v) is 14.0. The lowest BCUT2D eigenvalue weighted by Gasteiger charge is -2.18. The van der Waals surface area contributed by atoms with Gasteiger partial charge in [-0.05, 0) is 29.8 Å². The SMILES string of the molecule is CC(=O)OC(CNS(=O)(=O)c1ccc(Cl)cc1)c1ccccc1. The first-order valence-electron chi connectivity index (χ1n) is 6.86. The number of carbonyl (C=O) groups is 1. The standard InChI is InChI=1S/C16H16ClNO4S/c1-12(19)22-16(13-5-3-2-4-6-13)11-18-23(20,21)15-9-7-14(17)8-10-15/h2-10,16,18H,11H2,1H3. The number of benzene rings is 2. The fourth-order valence-electron chi connectivity index (χ4n) is 1.98. The molecule has 1 unspecified atom stereocenters. The molecule has 1 N–H and O–H groups in total. The summed E-state index contributed by atoms with van der Waals surface area (Å²) in [6.45, 7) is 1.22. The maximum atomic E-state index is 12.3. The van der Waals surface area contributed by atoms with E-state index in [1.54, 1.807) is 24.3 Å². The average Bonchev–Trinajstić information content (AvgIpc) is 2.52. The summed E-state index contributed by atoms with van der Waals surface area (Å²) in [5.74, 6) is -0.482. The number of nitrogens with one attached hydrogen (secondary N) is 1. The minimum absolute atomic E-state index is 0.0610. The van der Waals surface area contributed by atoms with Crippen molar-refractivity contribution in [3.8, 4) is 0 Å². The maximum absolute atomic E-state index is 12.3. The van der Waals surface area contributed by atoms with Gasteiger partial charge in [-0.1, -0.05) is 41.9 Å². The quantitative estimate of drug-likeness (QED) is 0.810. The lowest BCUT2D eigenvalue weighted by molar-refractivity contribution is -0.146. The fraction of sp³-hybridized carbons (Fsp3) is 0.188. The maximum Gasteiger partial charge on any atom is 0.303 e. The molecule has 0 saturated carbocycles. The van der Waals surface area contributed by atoms with Gasteiger partial charge in [-0.3, -0.25) is 4.79 Å². The van der Waals surface area contributed by atoms with Gasteiger partial charge in [-0.15, -0.1) is 0 Å². The zero-order chi connectivity index (χ0) is 16.9. The molecular formula is C16H16ClNO4S. The molecule has 0 radical (unpaired) electrons. The molecule has 0 amide bonds. The van der Waals surface area contributed by atoms with E-state index in [1.165, 1.54) is 31.2 Å². The van der Waals surface area contributed by atoms with E-state index >= 15 is 0 Å². The largest absolute Gasteiger partial charge is 0.456 e. The monoisotopic (exact) mass is 353 g/mol. The first-order valence-corrected chi connectivity index (χ1v) is 8.72. The van der Waals surface area contributed by atoms with Gasteiger partial charge >= 0.3 is 5.97 Å². The Labute approximate surface area is 140 Å². The third kappa shape index (κ3) is 5.06. The third-order valence-electron chi connectivity index (χ3n) is 3.06. The Morgan fingerprint density at radius 2 is 1.74 bits per heavy atom. The van der Waals surface area contributed by atoms with E-state index < -0.39 is 22.1 Å². The van der Waals surface area contributed by atoms with Crippen LogP contribution in [0, 0.1) is 0 Å². The van der Waals surface area contributed by atoms with Gasteiger partial charge in [0, 0.05) is 11.9 Å². The summed E-state index contributed by atoms with van der Waals surface area (Å²) in [6, 6.07) is 14.8. The van der Waals surface area contributed by atoms with Crippen LogP contribution in [0.2, 0.25) is 5.02 Å². The Morgan fingerprint density at radius 3 is 2.30 bits per heavy atom. The molecule has 0 bridgehead atoms. The van der Waals surface area contributed by atoms with Crippen LogP contribution in [0.25, 0.3) is 0 Å². The van der Waals surface area contributed by atoms with Crippen LogP contribution >= 0.6 is 11.6 Å². The molecule has 0 aliphatic rings. The van der Waals surface area contributed by atoms with E-state index in [4.69, 9.17) is 16.3 Å². The van der Waals surface area contributed by atoms with Crippen molar-refractivity contribution < 1.29 is 17.9 Å². The Hall–Kier alpha value is -1.89. The molecule has 2 aromatic rings. The van der Waals surface area contributed by atoms with Gasteiger partial charge in [-0.2, -0.15) is 0 Å². The van der Waals surface area contributed by atoms with Crippen LogP contribution in [0.15, 0.2) is 59.5 Å². The molecule has 0 spiro atoms. The molecular weight excluding hydrogens is 338 g/mol. The number of halogens is 1. The Morgan fingerprint density at radius 1 is 1.13 bits per heavy atom. The lowest BCUT2D eigenvalue weighted by atomic mass is 10.1. The van der Waals surface area contributed by atoms with E-state index in [-0.39, 0.29) is 11.4 Å². The summed E-state index contributed by atoms with van der Waals surface area (Å²) in [5.41, 5.74) is 0.710. The van der Waals surface area contributed by atoms with Crippen LogP contribution in [0.3, 0.4) is 0 Å². The molecule has 7 heteroatoms. The highest BCUT2D eigenvalue weighted by atomic mass is 35.5. The van der Waals surface area contributed by atoms with Crippen molar-refractivity contribution in [1.29, 1.82) is 0 Å². The second kappa shape index (κ2) is 7.59. The summed E-state index contributed by atoms with van der Waals surface area (Å²) in [7, 11) is -3.72. The normalized spacial score (nSPS) is 12.6. The van der Waals surface area contributed by atoms with Gasteiger partial charge in [-0.25, -0.2) is 13.1 Å². The first kappa shape index (κ1) is 17.5. The molecule has 0 heterocycles. The molecule has 5 nitrogen and oxygen atoms in total. The molecule has 0 aliphatic heterocycles. The van der Waals surface area contributed by atoms with Crippen molar-refractivity contribution in [2.45, 2.75) is 17.9 Å². The van der Waals surface area contributed by atoms with E-state index in [0.29, 0.717) is 10.6 Å². The van der Waals surface area contributed by atoms with Gasteiger partial charge in [0.05, 0.1) is 11.4 Å². The van der Waals surface area contributed by atoms with Crippen molar-refractivity contribution >= 4 is 27.6 Å². The van der Waals surface area contributed by atoms with E-state index in [1.807, 2.05) is 6.07 Å². The molecule has 0 aromatic heterocycles. The summed E-state index contributed by atoms with van der Waals surface area (Å²) in [4.78, 5) is 11.3. The Bertz CT molecular complexity index is 760. The highest BCUT2D eigenvalue weighted by molar-refractivity contribution is 7.89. The fourth-order valence-corrected chi connectivity index (χ4v) is 3.14. The van der Waals surface area contributed by atoms with Crippen LogP contribution in [-0.4, -0.2) is 20.9 Å². The highest BCUT2D eigenvalue weighted by Crippen LogP contribution is 2.18. The second-order valence-corrected chi connectivity index (χ2v) is 7.02. The minimum atomic E-state index is -3.72. The predicted octanol–water partition coefficient (Wildman–Crippen LogP) is 2.92. The summed E-state index contributed by atoms with van der Waals surface area (Å²) in [5, 5.41) is 0.450. The number of sulfonamides is 1. The van der Waals surface area contributed by atoms with Crippen molar-refractivity contribution in [2.24, 2.45) is 0 Å². The number of hydrogen-bond acceptors (Lipinski definition) is 4. The van der Waals surface area contributed by atoms with Crippen LogP contribution in [0.5, 0.6) is 0 Å². The van der Waals surface area contributed by atoms with Crippen molar-refractivity contribution in [3.05, 3.63) is 65.2 Å². The van der Waals surface area contributed by atoms with Crippen molar-refractivity contribution in [1.82, 2.24) is 4.72 Å². The average molecular weight is 354 g/mol. The predicted molar refractivity (Wildman–Crippen MR) is 87.6 cm³/mol. The molecule has 122 valence electrons. The van der Waals surface area contributed by atoms with E-state index in [2.05, 4.69) is 4.72 Å². The Kier molecular flexibility index (Phi) is 5.76. The van der Waals surface area contributed by atoms with Gasteiger partial charge in [0.1, 0.15) is 6.10 Å². The number of carbonyl (C=O) groups excluding carboxylic acids is 1. The Balaban J connectivity index is 2.14. The zero-order valence-electron chi connectivity index (χ0n) is 12.4. The van der Waals surface area contributed by atoms with Crippen molar-refractivity contribution in [2.75, 3.05) is 6.54 Å². The van der Waals surface area contributed by atoms with E-state index in [0.717, 1.165) is 0 Å². The summed E-state index contributed by atoms with van der Waals surface area (Å²) >= 11 is 5.75. The molecule has 2 rings (SSSR count). The van der Waals surface area contributed by atoms with Gasteiger partial charge in [0.25, 0.3) is 0 Å². The number of esters is 1.